The van der Waals surface area contributed by atoms with E-state index in [1.807, 2.05) is 30.3 Å². The summed E-state index contributed by atoms with van der Waals surface area (Å²) in [6.45, 7) is 0.0331. The zero-order chi connectivity index (χ0) is 13.5. The minimum Gasteiger partial charge on any atom is -0.447 e. The lowest BCUT2D eigenvalue weighted by atomic mass is 10.1. The van der Waals surface area contributed by atoms with Gasteiger partial charge in [-0.05, 0) is 12.0 Å². The molecule has 1 unspecified atom stereocenters. The second-order valence-electron chi connectivity index (χ2n) is 3.92. The highest BCUT2D eigenvalue weighted by molar-refractivity contribution is 5.89. The van der Waals surface area contributed by atoms with E-state index in [0.29, 0.717) is 11.3 Å². The second-order valence-corrected chi connectivity index (χ2v) is 3.92. The first-order valence-corrected chi connectivity index (χ1v) is 5.50. The molecule has 0 heterocycles. The third kappa shape index (κ3) is 4.42. The van der Waals surface area contributed by atoms with Crippen LogP contribution in [0.3, 0.4) is 0 Å². The monoisotopic (exact) mass is 251 g/mol. The van der Waals surface area contributed by atoms with Crippen molar-refractivity contribution in [3.05, 3.63) is 35.9 Å². The van der Waals surface area contributed by atoms with E-state index in [0.717, 1.165) is 5.56 Å². The molecule has 0 aliphatic carbocycles. The van der Waals surface area contributed by atoms with Crippen LogP contribution >= 0.6 is 0 Å². The molecule has 0 fully saturated rings. The van der Waals surface area contributed by atoms with Gasteiger partial charge in [-0.15, -0.1) is 0 Å². The van der Waals surface area contributed by atoms with Crippen LogP contribution in [0.4, 0.5) is 9.59 Å². The number of nitrogens with zero attached hydrogens (tertiary/aromatic N) is 1. The van der Waals surface area contributed by atoms with Crippen molar-refractivity contribution in [3.63, 3.8) is 0 Å². The van der Waals surface area contributed by atoms with Crippen molar-refractivity contribution in [1.29, 1.82) is 0 Å². The quantitative estimate of drug-likeness (QED) is 0.823. The van der Waals surface area contributed by atoms with Crippen LogP contribution < -0.4 is 11.5 Å². The molecule has 0 aromatic heterocycles. The van der Waals surface area contributed by atoms with Gasteiger partial charge in [-0.2, -0.15) is 0 Å². The summed E-state index contributed by atoms with van der Waals surface area (Å²) in [5.74, 6) is 0. The van der Waals surface area contributed by atoms with E-state index in [4.69, 9.17) is 16.2 Å². The number of benzene rings is 1. The lowest BCUT2D eigenvalue weighted by Gasteiger charge is -2.15. The Bertz CT molecular complexity index is 408. The summed E-state index contributed by atoms with van der Waals surface area (Å²) in [5.41, 5.74) is 11.8. The summed E-state index contributed by atoms with van der Waals surface area (Å²) in [6, 6.07) is 8.43. The Labute approximate surface area is 105 Å². The number of carbonyl (C=O) groups is 2. The summed E-state index contributed by atoms with van der Waals surface area (Å²) in [5, 5.41) is 0. The highest BCUT2D eigenvalue weighted by Gasteiger charge is 2.16. The number of hydrogen-bond acceptors (Lipinski definition) is 4. The number of amides is 3. The standard InChI is InChI=1S/C12H17N3O3/c1-15(11(14)16)12(17)18-8-10(13)7-9-5-3-2-4-6-9/h2-6,10H,7-8,13H2,1H3,(H2,14,16). The van der Waals surface area contributed by atoms with Gasteiger partial charge in [0.2, 0.25) is 0 Å². The van der Waals surface area contributed by atoms with E-state index in [2.05, 4.69) is 0 Å². The van der Waals surface area contributed by atoms with E-state index >= 15 is 0 Å². The fourth-order valence-electron chi connectivity index (χ4n) is 1.34. The van der Waals surface area contributed by atoms with Crippen molar-refractivity contribution in [2.75, 3.05) is 13.7 Å². The zero-order valence-corrected chi connectivity index (χ0v) is 10.2. The first-order valence-electron chi connectivity index (χ1n) is 5.50. The molecule has 1 aromatic carbocycles. The fourth-order valence-corrected chi connectivity index (χ4v) is 1.34. The van der Waals surface area contributed by atoms with E-state index < -0.39 is 12.1 Å². The summed E-state index contributed by atoms with van der Waals surface area (Å²) in [6.07, 6.45) is -0.208. The van der Waals surface area contributed by atoms with Crippen molar-refractivity contribution in [1.82, 2.24) is 4.90 Å². The van der Waals surface area contributed by atoms with Gasteiger partial charge in [-0.3, -0.25) is 0 Å². The summed E-state index contributed by atoms with van der Waals surface area (Å²) >= 11 is 0. The molecule has 0 bridgehead atoms. The van der Waals surface area contributed by atoms with Gasteiger partial charge in [0.1, 0.15) is 6.61 Å². The first-order chi connectivity index (χ1) is 8.50. The Morgan fingerprint density at radius 1 is 1.33 bits per heavy atom. The number of primary amides is 1. The number of carbonyl (C=O) groups excluding carboxylic acids is 2. The lowest BCUT2D eigenvalue weighted by Crippen LogP contribution is -2.40. The van der Waals surface area contributed by atoms with Gasteiger partial charge >= 0.3 is 12.1 Å². The van der Waals surface area contributed by atoms with Gasteiger partial charge < -0.3 is 16.2 Å². The minimum atomic E-state index is -0.864. The van der Waals surface area contributed by atoms with Gasteiger partial charge in [0.15, 0.2) is 0 Å². The molecule has 0 spiro atoms. The molecule has 4 N–H and O–H groups in total. The maximum absolute atomic E-state index is 11.3. The molecule has 0 saturated carbocycles. The van der Waals surface area contributed by atoms with Crippen LogP contribution in [0.5, 0.6) is 0 Å². The molecule has 0 aliphatic heterocycles. The SMILES string of the molecule is CN(C(N)=O)C(=O)OCC(N)Cc1ccccc1. The van der Waals surface area contributed by atoms with Gasteiger partial charge in [0, 0.05) is 13.1 Å². The summed E-state index contributed by atoms with van der Waals surface area (Å²) in [4.78, 5) is 22.7. The minimum absolute atomic E-state index is 0.0331. The summed E-state index contributed by atoms with van der Waals surface area (Å²) < 4.78 is 4.86. The molecule has 1 rings (SSSR count). The van der Waals surface area contributed by atoms with Gasteiger partial charge in [-0.25, -0.2) is 14.5 Å². The average molecular weight is 251 g/mol. The first kappa shape index (κ1) is 14.0. The molecule has 0 saturated heterocycles. The number of ether oxygens (including phenoxy) is 1. The number of rotatable bonds is 4. The van der Waals surface area contributed by atoms with E-state index in [-0.39, 0.29) is 12.6 Å². The molecule has 0 radical (unpaired) electrons. The molecule has 0 aliphatic rings. The van der Waals surface area contributed by atoms with Crippen molar-refractivity contribution in [2.24, 2.45) is 11.5 Å². The molecular formula is C12H17N3O3. The Balaban J connectivity index is 2.35. The maximum atomic E-state index is 11.3. The van der Waals surface area contributed by atoms with Crippen LogP contribution in [0, 0.1) is 0 Å². The number of urea groups is 1. The molecule has 3 amide bonds. The van der Waals surface area contributed by atoms with Crippen LogP contribution in [0.15, 0.2) is 30.3 Å². The van der Waals surface area contributed by atoms with E-state index in [1.54, 1.807) is 0 Å². The predicted molar refractivity (Wildman–Crippen MR) is 66.8 cm³/mol. The molecule has 18 heavy (non-hydrogen) atoms. The Hall–Kier alpha value is -2.08. The van der Waals surface area contributed by atoms with Crippen LogP contribution in [0.25, 0.3) is 0 Å². The Morgan fingerprint density at radius 3 is 2.50 bits per heavy atom. The maximum Gasteiger partial charge on any atom is 0.417 e. The van der Waals surface area contributed by atoms with E-state index in [9.17, 15) is 9.59 Å². The molecule has 1 atom stereocenters. The van der Waals surface area contributed by atoms with E-state index in [1.165, 1.54) is 7.05 Å². The van der Waals surface area contributed by atoms with Crippen LogP contribution in [0.1, 0.15) is 5.56 Å². The number of nitrogens with two attached hydrogens (primary N) is 2. The number of hydrogen-bond donors (Lipinski definition) is 2. The third-order valence-electron chi connectivity index (χ3n) is 2.37. The second kappa shape index (κ2) is 6.61. The average Bonchev–Trinajstić information content (AvgIpc) is 2.36. The van der Waals surface area contributed by atoms with Crippen LogP contribution in [-0.4, -0.2) is 36.7 Å². The van der Waals surface area contributed by atoms with Gasteiger partial charge in [0.05, 0.1) is 0 Å². The van der Waals surface area contributed by atoms with Crippen LogP contribution in [0.2, 0.25) is 0 Å². The molecule has 6 nitrogen and oxygen atoms in total. The van der Waals surface area contributed by atoms with Gasteiger partial charge in [-0.1, -0.05) is 30.3 Å². The number of imide groups is 1. The molecule has 6 heteroatoms. The van der Waals surface area contributed by atoms with Crippen molar-refractivity contribution >= 4 is 12.1 Å². The smallest absolute Gasteiger partial charge is 0.417 e. The largest absolute Gasteiger partial charge is 0.447 e. The molecule has 98 valence electrons. The molecule has 1 aromatic rings. The Kier molecular flexibility index (Phi) is 5.13. The topological polar surface area (TPSA) is 98.6 Å². The predicted octanol–water partition coefficient (Wildman–Crippen LogP) is 0.704. The zero-order valence-electron chi connectivity index (χ0n) is 10.2. The lowest BCUT2D eigenvalue weighted by molar-refractivity contribution is 0.112. The van der Waals surface area contributed by atoms with Crippen LogP contribution in [-0.2, 0) is 11.2 Å². The highest BCUT2D eigenvalue weighted by atomic mass is 16.6. The van der Waals surface area contributed by atoms with Crippen molar-refractivity contribution < 1.29 is 14.3 Å². The highest BCUT2D eigenvalue weighted by Crippen LogP contribution is 2.02. The normalized spacial score (nSPS) is 11.7. The fraction of sp³-hybridized carbons (Fsp3) is 0.333. The molecular weight excluding hydrogens is 234 g/mol. The van der Waals surface area contributed by atoms with Gasteiger partial charge in [0.25, 0.3) is 0 Å². The third-order valence-corrected chi connectivity index (χ3v) is 2.37. The van der Waals surface area contributed by atoms with Crippen molar-refractivity contribution in [2.45, 2.75) is 12.5 Å². The Morgan fingerprint density at radius 2 is 1.94 bits per heavy atom. The summed E-state index contributed by atoms with van der Waals surface area (Å²) in [7, 11) is 1.24. The van der Waals surface area contributed by atoms with Crippen molar-refractivity contribution in [3.8, 4) is 0 Å².